The van der Waals surface area contributed by atoms with Gasteiger partial charge in [-0.1, -0.05) is 24.3 Å². The predicted molar refractivity (Wildman–Crippen MR) is 119 cm³/mol. The second-order valence-corrected chi connectivity index (χ2v) is 7.64. The first-order chi connectivity index (χ1) is 14.6. The van der Waals surface area contributed by atoms with Crippen molar-refractivity contribution in [2.24, 2.45) is 0 Å². The van der Waals surface area contributed by atoms with Gasteiger partial charge in [0.05, 0.1) is 24.9 Å². The summed E-state index contributed by atoms with van der Waals surface area (Å²) in [6.07, 6.45) is 0.393. The summed E-state index contributed by atoms with van der Waals surface area (Å²) in [4.78, 5) is 17.3. The van der Waals surface area contributed by atoms with Crippen LogP contribution >= 0.6 is 0 Å². The zero-order chi connectivity index (χ0) is 21.1. The lowest BCUT2D eigenvalue weighted by molar-refractivity contribution is -0.130. The zero-order valence-electron chi connectivity index (χ0n) is 17.8. The van der Waals surface area contributed by atoms with Crippen LogP contribution < -0.4 is 9.64 Å². The molecule has 0 aliphatic carbocycles. The third-order valence-electron chi connectivity index (χ3n) is 5.82. The van der Waals surface area contributed by atoms with Crippen LogP contribution in [0.15, 0.2) is 54.6 Å². The van der Waals surface area contributed by atoms with Gasteiger partial charge in [-0.25, -0.2) is 4.68 Å². The Morgan fingerprint density at radius 2 is 1.67 bits per heavy atom. The molecule has 30 heavy (non-hydrogen) atoms. The number of piperazine rings is 1. The van der Waals surface area contributed by atoms with Gasteiger partial charge in [-0.15, -0.1) is 0 Å². The number of para-hydroxylation sites is 1. The number of aromatic nitrogens is 2. The van der Waals surface area contributed by atoms with Crippen LogP contribution in [-0.4, -0.2) is 53.9 Å². The predicted octanol–water partition coefficient (Wildman–Crippen LogP) is 3.39. The summed E-state index contributed by atoms with van der Waals surface area (Å²) in [6.45, 7) is 7.11. The molecule has 0 radical (unpaired) electrons. The summed E-state index contributed by atoms with van der Waals surface area (Å²) in [5.41, 5.74) is 5.13. The number of amides is 1. The van der Waals surface area contributed by atoms with Crippen LogP contribution in [0.3, 0.4) is 0 Å². The van der Waals surface area contributed by atoms with Crippen LogP contribution in [0.1, 0.15) is 17.0 Å². The number of aryl methyl sites for hydroxylation is 1. The topological polar surface area (TPSA) is 50.6 Å². The largest absolute Gasteiger partial charge is 0.497 e. The molecule has 6 heteroatoms. The molecule has 0 unspecified atom stereocenters. The van der Waals surface area contributed by atoms with Gasteiger partial charge in [-0.2, -0.15) is 5.10 Å². The highest BCUT2D eigenvalue weighted by molar-refractivity contribution is 5.79. The van der Waals surface area contributed by atoms with Crippen molar-refractivity contribution in [2.45, 2.75) is 20.3 Å². The van der Waals surface area contributed by atoms with Gasteiger partial charge in [-0.05, 0) is 38.1 Å². The summed E-state index contributed by atoms with van der Waals surface area (Å²) < 4.78 is 7.26. The minimum absolute atomic E-state index is 0.166. The number of rotatable bonds is 5. The Kier molecular flexibility index (Phi) is 5.74. The lowest BCUT2D eigenvalue weighted by atomic mass is 10.1. The average molecular weight is 405 g/mol. The van der Waals surface area contributed by atoms with E-state index < -0.39 is 0 Å². The molecule has 1 saturated heterocycles. The second kappa shape index (κ2) is 8.61. The van der Waals surface area contributed by atoms with E-state index >= 15 is 0 Å². The van der Waals surface area contributed by atoms with Gasteiger partial charge in [0.25, 0.3) is 0 Å². The highest BCUT2D eigenvalue weighted by atomic mass is 16.5. The molecule has 3 aromatic rings. The first kappa shape index (κ1) is 20.0. The standard InChI is InChI=1S/C24H28N4O2/c1-18-23(19(2)28(25-18)20-8-5-4-6-9-20)17-24(29)27-14-12-26(13-15-27)21-10-7-11-22(16-21)30-3/h4-11,16H,12-15,17H2,1-3H3. The molecular weight excluding hydrogens is 376 g/mol. The highest BCUT2D eigenvalue weighted by Gasteiger charge is 2.24. The van der Waals surface area contributed by atoms with Crippen molar-refractivity contribution < 1.29 is 9.53 Å². The molecule has 0 saturated carbocycles. The summed E-state index contributed by atoms with van der Waals surface area (Å²) in [7, 11) is 1.68. The minimum atomic E-state index is 0.166. The van der Waals surface area contributed by atoms with Gasteiger partial charge in [-0.3, -0.25) is 4.79 Å². The molecule has 1 aromatic heterocycles. The van der Waals surface area contributed by atoms with Crippen LogP contribution in [0.25, 0.3) is 5.69 Å². The van der Waals surface area contributed by atoms with Crippen molar-refractivity contribution in [3.05, 3.63) is 71.5 Å². The molecule has 1 aliphatic rings. The number of methoxy groups -OCH3 is 1. The van der Waals surface area contributed by atoms with Crippen molar-refractivity contribution in [3.8, 4) is 11.4 Å². The van der Waals surface area contributed by atoms with Crippen molar-refractivity contribution in [3.63, 3.8) is 0 Å². The summed E-state index contributed by atoms with van der Waals surface area (Å²) in [5.74, 6) is 1.02. The highest BCUT2D eigenvalue weighted by Crippen LogP contribution is 2.23. The molecule has 6 nitrogen and oxygen atoms in total. The molecule has 4 rings (SSSR count). The van der Waals surface area contributed by atoms with E-state index in [0.717, 1.165) is 60.3 Å². The number of hydrogen-bond donors (Lipinski definition) is 0. The van der Waals surface area contributed by atoms with Crippen molar-refractivity contribution in [1.82, 2.24) is 14.7 Å². The fourth-order valence-corrected chi connectivity index (χ4v) is 4.04. The average Bonchev–Trinajstić information content (AvgIpc) is 3.08. The first-order valence-electron chi connectivity index (χ1n) is 10.3. The maximum absolute atomic E-state index is 13.0. The van der Waals surface area contributed by atoms with E-state index in [4.69, 9.17) is 4.74 Å². The van der Waals surface area contributed by atoms with Crippen LogP contribution in [0.4, 0.5) is 5.69 Å². The normalized spacial score (nSPS) is 14.1. The summed E-state index contributed by atoms with van der Waals surface area (Å²) in [6, 6.07) is 18.1. The van der Waals surface area contributed by atoms with Crippen LogP contribution in [-0.2, 0) is 11.2 Å². The number of nitrogens with zero attached hydrogens (tertiary/aromatic N) is 4. The maximum atomic E-state index is 13.0. The number of carbonyl (C=O) groups is 1. The fraction of sp³-hybridized carbons (Fsp3) is 0.333. The molecule has 2 heterocycles. The lowest BCUT2D eigenvalue weighted by Gasteiger charge is -2.36. The summed E-state index contributed by atoms with van der Waals surface area (Å²) in [5, 5.41) is 4.67. The number of anilines is 1. The van der Waals surface area contributed by atoms with Gasteiger partial charge in [0.1, 0.15) is 5.75 Å². The number of hydrogen-bond acceptors (Lipinski definition) is 4. The van der Waals surface area contributed by atoms with Crippen molar-refractivity contribution >= 4 is 11.6 Å². The second-order valence-electron chi connectivity index (χ2n) is 7.64. The number of benzene rings is 2. The Hall–Kier alpha value is -3.28. The number of carbonyl (C=O) groups excluding carboxylic acids is 1. The molecule has 0 atom stereocenters. The van der Waals surface area contributed by atoms with Crippen molar-refractivity contribution in [1.29, 1.82) is 0 Å². The lowest BCUT2D eigenvalue weighted by Crippen LogP contribution is -2.49. The van der Waals surface area contributed by atoms with E-state index in [0.29, 0.717) is 6.42 Å². The van der Waals surface area contributed by atoms with Crippen LogP contribution in [0, 0.1) is 13.8 Å². The first-order valence-corrected chi connectivity index (χ1v) is 10.3. The zero-order valence-corrected chi connectivity index (χ0v) is 17.8. The van der Waals surface area contributed by atoms with Gasteiger partial charge in [0, 0.05) is 49.2 Å². The SMILES string of the molecule is COc1cccc(N2CCN(C(=O)Cc3c(C)nn(-c4ccccc4)c3C)CC2)c1. The number of ether oxygens (including phenoxy) is 1. The monoisotopic (exact) mass is 404 g/mol. The van der Waals surface area contributed by atoms with E-state index in [1.165, 1.54) is 0 Å². The van der Waals surface area contributed by atoms with E-state index in [1.807, 2.05) is 72.0 Å². The molecule has 2 aromatic carbocycles. The Balaban J connectivity index is 1.41. The van der Waals surface area contributed by atoms with Gasteiger partial charge >= 0.3 is 0 Å². The Morgan fingerprint density at radius 1 is 0.967 bits per heavy atom. The molecule has 0 N–H and O–H groups in total. The third kappa shape index (κ3) is 4.03. The molecule has 0 bridgehead atoms. The molecular formula is C24H28N4O2. The molecule has 1 aliphatic heterocycles. The Labute approximate surface area is 177 Å². The molecule has 0 spiro atoms. The van der Waals surface area contributed by atoms with E-state index in [2.05, 4.69) is 16.1 Å². The quantitative estimate of drug-likeness (QED) is 0.654. The minimum Gasteiger partial charge on any atom is -0.497 e. The van der Waals surface area contributed by atoms with E-state index in [-0.39, 0.29) is 5.91 Å². The van der Waals surface area contributed by atoms with Crippen LogP contribution in [0.2, 0.25) is 0 Å². The smallest absolute Gasteiger partial charge is 0.227 e. The molecule has 1 amide bonds. The summed E-state index contributed by atoms with van der Waals surface area (Å²) >= 11 is 0. The van der Waals surface area contributed by atoms with Gasteiger partial charge in [0.2, 0.25) is 5.91 Å². The van der Waals surface area contributed by atoms with Crippen molar-refractivity contribution in [2.75, 3.05) is 38.2 Å². The van der Waals surface area contributed by atoms with Gasteiger partial charge < -0.3 is 14.5 Å². The molecule has 1 fully saturated rings. The van der Waals surface area contributed by atoms with E-state index in [1.54, 1.807) is 7.11 Å². The molecule has 156 valence electrons. The Bertz CT molecular complexity index is 1020. The fourth-order valence-electron chi connectivity index (χ4n) is 4.04. The van der Waals surface area contributed by atoms with Gasteiger partial charge in [0.15, 0.2) is 0 Å². The Morgan fingerprint density at radius 3 is 2.37 bits per heavy atom. The third-order valence-corrected chi connectivity index (χ3v) is 5.82. The maximum Gasteiger partial charge on any atom is 0.227 e. The van der Waals surface area contributed by atoms with Crippen LogP contribution in [0.5, 0.6) is 5.75 Å². The van der Waals surface area contributed by atoms with E-state index in [9.17, 15) is 4.79 Å².